The van der Waals surface area contributed by atoms with E-state index in [1.807, 2.05) is 9.80 Å². The molecule has 32 heavy (non-hydrogen) atoms. The van der Waals surface area contributed by atoms with Crippen LogP contribution in [0.1, 0.15) is 36.3 Å². The van der Waals surface area contributed by atoms with Crippen molar-refractivity contribution in [1.29, 1.82) is 5.26 Å². The van der Waals surface area contributed by atoms with E-state index in [-0.39, 0.29) is 24.8 Å². The van der Waals surface area contributed by atoms with Gasteiger partial charge >= 0.3 is 6.18 Å². The van der Waals surface area contributed by atoms with Crippen LogP contribution in [0, 0.1) is 17.2 Å². The highest BCUT2D eigenvalue weighted by Gasteiger charge is 2.40. The van der Waals surface area contributed by atoms with Crippen LogP contribution in [0.25, 0.3) is 10.2 Å². The van der Waals surface area contributed by atoms with E-state index in [4.69, 9.17) is 9.97 Å². The van der Waals surface area contributed by atoms with Gasteiger partial charge in [0.05, 0.1) is 23.9 Å². The quantitative estimate of drug-likeness (QED) is 0.585. The third-order valence-electron chi connectivity index (χ3n) is 5.87. The van der Waals surface area contributed by atoms with Crippen LogP contribution in [0.4, 0.5) is 24.9 Å². The lowest BCUT2D eigenvalue weighted by Gasteiger charge is -2.30. The number of anilines is 2. The summed E-state index contributed by atoms with van der Waals surface area (Å²) in [4.78, 5) is 15.6. The minimum Gasteiger partial charge on any atom is -0.347 e. The molecule has 0 radical (unpaired) electrons. The molecule has 0 spiro atoms. The minimum atomic E-state index is -4.53. The van der Waals surface area contributed by atoms with Gasteiger partial charge in [0.25, 0.3) is 0 Å². The summed E-state index contributed by atoms with van der Waals surface area (Å²) in [5.74, 6) is 0.531. The molecule has 1 atom stereocenters. The van der Waals surface area contributed by atoms with Crippen molar-refractivity contribution in [2.75, 3.05) is 29.4 Å². The molecule has 0 amide bonds. The second-order valence-electron chi connectivity index (χ2n) is 8.10. The average Bonchev–Trinajstić information content (AvgIpc) is 3.49. The molecule has 5 rings (SSSR count). The highest BCUT2D eigenvalue weighted by Crippen LogP contribution is 2.36. The largest absolute Gasteiger partial charge is 0.451 e. The smallest absolute Gasteiger partial charge is 0.347 e. The van der Waals surface area contributed by atoms with Crippen molar-refractivity contribution in [3.05, 3.63) is 22.6 Å². The maximum absolute atomic E-state index is 13.2. The standard InChI is InChI=1S/C20H21F3N8S/c1-2-3-13-8-14-16(25-19(26-17(14)32-13)30-5-4-12(9-24)10-30)29-6-7-31-15(11-29)27-28-18(31)20(21,22)23/h8,12H,2-7,10-11H2,1H3. The van der Waals surface area contributed by atoms with Gasteiger partial charge in [-0.1, -0.05) is 13.3 Å². The van der Waals surface area contributed by atoms with Gasteiger partial charge < -0.3 is 14.4 Å². The van der Waals surface area contributed by atoms with Crippen molar-refractivity contribution in [2.24, 2.45) is 5.92 Å². The van der Waals surface area contributed by atoms with Gasteiger partial charge in [-0.2, -0.15) is 23.4 Å². The van der Waals surface area contributed by atoms with Crippen molar-refractivity contribution >= 4 is 33.3 Å². The van der Waals surface area contributed by atoms with Gasteiger partial charge in [-0.3, -0.25) is 0 Å². The molecular weight excluding hydrogens is 441 g/mol. The maximum Gasteiger partial charge on any atom is 0.451 e. The van der Waals surface area contributed by atoms with Crippen molar-refractivity contribution in [1.82, 2.24) is 24.7 Å². The van der Waals surface area contributed by atoms with Crippen LogP contribution in [0.2, 0.25) is 0 Å². The zero-order chi connectivity index (χ0) is 22.5. The summed E-state index contributed by atoms with van der Waals surface area (Å²) >= 11 is 1.62. The number of hydrogen-bond acceptors (Lipinski definition) is 8. The molecule has 168 valence electrons. The van der Waals surface area contributed by atoms with Gasteiger partial charge in [0.15, 0.2) is 5.82 Å². The molecule has 1 unspecified atom stereocenters. The van der Waals surface area contributed by atoms with Gasteiger partial charge in [0.1, 0.15) is 10.6 Å². The Morgan fingerprint density at radius 3 is 2.75 bits per heavy atom. The number of halogens is 3. The number of thiophene rings is 1. The van der Waals surface area contributed by atoms with Crippen LogP contribution in [0.3, 0.4) is 0 Å². The first kappa shape index (κ1) is 20.9. The summed E-state index contributed by atoms with van der Waals surface area (Å²) in [6.45, 7) is 4.08. The van der Waals surface area contributed by atoms with E-state index in [2.05, 4.69) is 29.3 Å². The Bertz CT molecular complexity index is 1190. The lowest BCUT2D eigenvalue weighted by molar-refractivity contribution is -0.147. The predicted molar refractivity (Wildman–Crippen MR) is 113 cm³/mol. The van der Waals surface area contributed by atoms with Crippen LogP contribution < -0.4 is 9.80 Å². The summed E-state index contributed by atoms with van der Waals surface area (Å²) in [7, 11) is 0. The number of aryl methyl sites for hydroxylation is 1. The van der Waals surface area contributed by atoms with Gasteiger partial charge in [0, 0.05) is 31.1 Å². The fraction of sp³-hybridized carbons (Fsp3) is 0.550. The van der Waals surface area contributed by atoms with Crippen LogP contribution in [-0.2, 0) is 25.7 Å². The second kappa shape index (κ2) is 7.88. The number of fused-ring (bicyclic) bond motifs is 2. The molecule has 1 fully saturated rings. The molecule has 5 heterocycles. The molecule has 0 N–H and O–H groups in total. The predicted octanol–water partition coefficient (Wildman–Crippen LogP) is 3.62. The van der Waals surface area contributed by atoms with Crippen LogP contribution >= 0.6 is 11.3 Å². The highest BCUT2D eigenvalue weighted by atomic mass is 32.1. The molecule has 12 heteroatoms. The molecule has 3 aromatic heterocycles. The lowest BCUT2D eigenvalue weighted by atomic mass is 10.1. The molecule has 0 bridgehead atoms. The zero-order valence-corrected chi connectivity index (χ0v) is 18.2. The van der Waals surface area contributed by atoms with Crippen LogP contribution in [-0.4, -0.2) is 44.4 Å². The van der Waals surface area contributed by atoms with E-state index in [1.165, 1.54) is 4.88 Å². The highest BCUT2D eigenvalue weighted by molar-refractivity contribution is 7.18. The summed E-state index contributed by atoms with van der Waals surface area (Å²) in [5.41, 5.74) is 0. The Labute approximate surface area is 186 Å². The van der Waals surface area contributed by atoms with E-state index >= 15 is 0 Å². The zero-order valence-electron chi connectivity index (χ0n) is 17.4. The Hall–Kier alpha value is -2.94. The number of hydrogen-bond donors (Lipinski definition) is 0. The van der Waals surface area contributed by atoms with Crippen LogP contribution in [0.5, 0.6) is 0 Å². The number of nitrogens with zero attached hydrogens (tertiary/aromatic N) is 8. The maximum atomic E-state index is 13.2. The lowest BCUT2D eigenvalue weighted by Crippen LogP contribution is -2.36. The summed E-state index contributed by atoms with van der Waals surface area (Å²) < 4.78 is 40.8. The Morgan fingerprint density at radius 2 is 2.03 bits per heavy atom. The molecule has 8 nitrogen and oxygen atoms in total. The fourth-order valence-electron chi connectivity index (χ4n) is 4.29. The first-order valence-electron chi connectivity index (χ1n) is 10.6. The van der Waals surface area contributed by atoms with Crippen LogP contribution in [0.15, 0.2) is 6.07 Å². The van der Waals surface area contributed by atoms with Gasteiger partial charge in [-0.15, -0.1) is 21.5 Å². The van der Waals surface area contributed by atoms with Crippen molar-refractivity contribution in [2.45, 2.75) is 45.5 Å². The summed E-state index contributed by atoms with van der Waals surface area (Å²) in [5, 5.41) is 17.3. The Morgan fingerprint density at radius 1 is 1.19 bits per heavy atom. The van der Waals surface area contributed by atoms with E-state index in [0.29, 0.717) is 31.4 Å². The average molecular weight is 463 g/mol. The topological polar surface area (TPSA) is 86.8 Å². The van der Waals surface area contributed by atoms with Crippen molar-refractivity contribution in [3.63, 3.8) is 0 Å². The first-order chi connectivity index (χ1) is 15.4. The normalized spacial score (nSPS) is 18.9. The second-order valence-corrected chi connectivity index (χ2v) is 9.22. The number of nitriles is 1. The molecule has 0 aliphatic carbocycles. The van der Waals surface area contributed by atoms with E-state index in [0.717, 1.165) is 34.0 Å². The van der Waals surface area contributed by atoms with E-state index in [1.54, 1.807) is 11.3 Å². The Balaban J connectivity index is 1.54. The van der Waals surface area contributed by atoms with Crippen molar-refractivity contribution in [3.8, 4) is 6.07 Å². The SMILES string of the molecule is CCCc1cc2c(N3CCn4c(nnc4C(F)(F)F)C3)nc(N3CCC(C#N)C3)nc2s1. The van der Waals surface area contributed by atoms with Gasteiger partial charge in [-0.25, -0.2) is 4.98 Å². The number of alkyl halides is 3. The molecule has 0 aromatic carbocycles. The summed E-state index contributed by atoms with van der Waals surface area (Å²) in [6.07, 6.45) is -1.82. The fourth-order valence-corrected chi connectivity index (χ4v) is 5.41. The minimum absolute atomic E-state index is 0.0499. The number of rotatable bonds is 4. The van der Waals surface area contributed by atoms with E-state index < -0.39 is 12.0 Å². The third kappa shape index (κ3) is 3.64. The van der Waals surface area contributed by atoms with Crippen molar-refractivity contribution < 1.29 is 13.2 Å². The van der Waals surface area contributed by atoms with E-state index in [9.17, 15) is 18.4 Å². The summed E-state index contributed by atoms with van der Waals surface area (Å²) in [6, 6.07) is 4.40. The molecule has 1 saturated heterocycles. The third-order valence-corrected chi connectivity index (χ3v) is 6.96. The monoisotopic (exact) mass is 462 g/mol. The van der Waals surface area contributed by atoms with Gasteiger partial charge in [0.2, 0.25) is 11.8 Å². The van der Waals surface area contributed by atoms with Gasteiger partial charge in [-0.05, 0) is 18.9 Å². The number of aromatic nitrogens is 5. The first-order valence-corrected chi connectivity index (χ1v) is 11.4. The molecule has 2 aliphatic rings. The molecular formula is C20H21F3N8S. The Kier molecular flexibility index (Phi) is 5.16. The molecule has 0 saturated carbocycles. The molecule has 2 aliphatic heterocycles. The molecule has 3 aromatic rings.